The zero-order chi connectivity index (χ0) is 9.68. The molecule has 1 aromatic rings. The average molecular weight is 238 g/mol. The normalized spacial score (nSPS) is 9.62. The van der Waals surface area contributed by atoms with Crippen LogP contribution in [0.25, 0.3) is 0 Å². The molecule has 0 spiro atoms. The van der Waals surface area contributed by atoms with E-state index in [-0.39, 0.29) is 0 Å². The summed E-state index contributed by atoms with van der Waals surface area (Å²) in [6.45, 7) is 1.97. The van der Waals surface area contributed by atoms with E-state index in [2.05, 4.69) is 28.1 Å². The molecule has 0 bridgehead atoms. The van der Waals surface area contributed by atoms with Crippen molar-refractivity contribution in [2.75, 3.05) is 5.33 Å². The van der Waals surface area contributed by atoms with Crippen molar-refractivity contribution in [2.45, 2.75) is 19.8 Å². The van der Waals surface area contributed by atoms with Crippen LogP contribution in [-0.2, 0) is 6.42 Å². The first kappa shape index (κ1) is 10.3. The monoisotopic (exact) mass is 237 g/mol. The smallest absolute Gasteiger partial charge is 0.0994 e. The standard InChI is InChI=1S/C11H12BrN/c1-9-4-5-10(3-2-6-12)7-11(9)8-13/h4-5,7H,2-3,6H2,1H3. The van der Waals surface area contributed by atoms with E-state index in [1.54, 1.807) is 0 Å². The van der Waals surface area contributed by atoms with E-state index in [0.29, 0.717) is 0 Å². The van der Waals surface area contributed by atoms with Crippen LogP contribution in [0.15, 0.2) is 18.2 Å². The maximum Gasteiger partial charge on any atom is 0.0994 e. The van der Waals surface area contributed by atoms with Gasteiger partial charge in [0.15, 0.2) is 0 Å². The number of rotatable bonds is 3. The highest BCUT2D eigenvalue weighted by atomic mass is 79.9. The highest BCUT2D eigenvalue weighted by Crippen LogP contribution is 2.11. The molecule has 0 radical (unpaired) electrons. The van der Waals surface area contributed by atoms with Gasteiger partial charge in [-0.2, -0.15) is 5.26 Å². The highest BCUT2D eigenvalue weighted by Gasteiger charge is 1.98. The Morgan fingerprint density at radius 3 is 2.85 bits per heavy atom. The predicted octanol–water partition coefficient (Wildman–Crippen LogP) is 3.19. The minimum Gasteiger partial charge on any atom is -0.192 e. The molecule has 0 aromatic heterocycles. The predicted molar refractivity (Wildman–Crippen MR) is 58.0 cm³/mol. The highest BCUT2D eigenvalue weighted by molar-refractivity contribution is 9.09. The van der Waals surface area contributed by atoms with E-state index in [4.69, 9.17) is 5.26 Å². The van der Waals surface area contributed by atoms with Gasteiger partial charge in [-0.25, -0.2) is 0 Å². The number of aryl methyl sites for hydroxylation is 2. The molecule has 0 aliphatic rings. The molecule has 0 unspecified atom stereocenters. The Hall–Kier alpha value is -0.810. The Morgan fingerprint density at radius 2 is 2.23 bits per heavy atom. The van der Waals surface area contributed by atoms with Crippen molar-refractivity contribution in [3.63, 3.8) is 0 Å². The van der Waals surface area contributed by atoms with Crippen LogP contribution in [0.5, 0.6) is 0 Å². The summed E-state index contributed by atoms with van der Waals surface area (Å²) >= 11 is 3.39. The summed E-state index contributed by atoms with van der Waals surface area (Å²) in [4.78, 5) is 0. The Labute approximate surface area is 87.5 Å². The molecule has 0 amide bonds. The van der Waals surface area contributed by atoms with Gasteiger partial charge in [0.05, 0.1) is 11.6 Å². The molecule has 2 heteroatoms. The van der Waals surface area contributed by atoms with E-state index in [9.17, 15) is 0 Å². The molecule has 0 saturated carbocycles. The molecule has 0 N–H and O–H groups in total. The van der Waals surface area contributed by atoms with Gasteiger partial charge in [-0.1, -0.05) is 28.1 Å². The maximum absolute atomic E-state index is 8.81. The van der Waals surface area contributed by atoms with Crippen LogP contribution in [-0.4, -0.2) is 5.33 Å². The van der Waals surface area contributed by atoms with E-state index in [1.165, 1.54) is 5.56 Å². The fraction of sp³-hybridized carbons (Fsp3) is 0.364. The van der Waals surface area contributed by atoms with E-state index in [1.807, 2.05) is 19.1 Å². The second-order valence-corrected chi connectivity index (χ2v) is 3.85. The molecule has 0 atom stereocenters. The summed E-state index contributed by atoms with van der Waals surface area (Å²) in [6, 6.07) is 8.30. The lowest BCUT2D eigenvalue weighted by Crippen LogP contribution is -1.89. The number of nitriles is 1. The number of nitrogens with zero attached hydrogens (tertiary/aromatic N) is 1. The second-order valence-electron chi connectivity index (χ2n) is 3.05. The van der Waals surface area contributed by atoms with Crippen molar-refractivity contribution >= 4 is 15.9 Å². The van der Waals surface area contributed by atoms with Crippen molar-refractivity contribution in [3.8, 4) is 6.07 Å². The minimum atomic E-state index is 0.798. The van der Waals surface area contributed by atoms with Crippen LogP contribution < -0.4 is 0 Å². The van der Waals surface area contributed by atoms with Gasteiger partial charge < -0.3 is 0 Å². The first-order valence-electron chi connectivity index (χ1n) is 4.33. The first-order valence-corrected chi connectivity index (χ1v) is 5.45. The lowest BCUT2D eigenvalue weighted by atomic mass is 10.0. The molecule has 68 valence electrons. The van der Waals surface area contributed by atoms with Crippen LogP contribution in [0.4, 0.5) is 0 Å². The third kappa shape index (κ3) is 2.86. The summed E-state index contributed by atoms with van der Waals surface area (Å²) in [5.41, 5.74) is 3.11. The summed E-state index contributed by atoms with van der Waals surface area (Å²) in [7, 11) is 0. The topological polar surface area (TPSA) is 23.8 Å². The first-order chi connectivity index (χ1) is 6.27. The van der Waals surface area contributed by atoms with Crippen molar-refractivity contribution in [1.29, 1.82) is 5.26 Å². The minimum absolute atomic E-state index is 0.798. The summed E-state index contributed by atoms with van der Waals surface area (Å²) in [5.74, 6) is 0. The third-order valence-corrected chi connectivity index (χ3v) is 2.58. The van der Waals surface area contributed by atoms with Crippen molar-refractivity contribution < 1.29 is 0 Å². The molecule has 0 aliphatic heterocycles. The molecule has 1 nitrogen and oxygen atoms in total. The summed E-state index contributed by atoms with van der Waals surface area (Å²) in [5, 5.41) is 9.83. The van der Waals surface area contributed by atoms with Crippen molar-refractivity contribution in [3.05, 3.63) is 34.9 Å². The number of hydrogen-bond acceptors (Lipinski definition) is 1. The largest absolute Gasteiger partial charge is 0.192 e. The van der Waals surface area contributed by atoms with Gasteiger partial charge in [-0.05, 0) is 37.0 Å². The molecular weight excluding hydrogens is 226 g/mol. The number of halogens is 1. The van der Waals surface area contributed by atoms with Crippen molar-refractivity contribution in [2.24, 2.45) is 0 Å². The Morgan fingerprint density at radius 1 is 1.46 bits per heavy atom. The zero-order valence-corrected chi connectivity index (χ0v) is 9.26. The fourth-order valence-electron chi connectivity index (χ4n) is 1.22. The van der Waals surface area contributed by atoms with Crippen molar-refractivity contribution in [1.82, 2.24) is 0 Å². The molecule has 0 saturated heterocycles. The van der Waals surface area contributed by atoms with E-state index in [0.717, 1.165) is 29.3 Å². The molecule has 1 aromatic carbocycles. The van der Waals surface area contributed by atoms with Gasteiger partial charge in [0, 0.05) is 5.33 Å². The van der Waals surface area contributed by atoms with Gasteiger partial charge in [0.2, 0.25) is 0 Å². The fourth-order valence-corrected chi connectivity index (χ4v) is 1.50. The Kier molecular flexibility index (Phi) is 3.98. The summed E-state index contributed by atoms with van der Waals surface area (Å²) in [6.07, 6.45) is 2.16. The number of alkyl halides is 1. The molecule has 1 rings (SSSR count). The average Bonchev–Trinajstić information content (AvgIpc) is 2.16. The van der Waals surface area contributed by atoms with Gasteiger partial charge in [-0.3, -0.25) is 0 Å². The summed E-state index contributed by atoms with van der Waals surface area (Å²) < 4.78 is 0. The molecular formula is C11H12BrN. The molecule has 0 fully saturated rings. The van der Waals surface area contributed by atoms with Gasteiger partial charge in [-0.15, -0.1) is 0 Å². The van der Waals surface area contributed by atoms with Crippen LogP contribution in [0, 0.1) is 18.3 Å². The van der Waals surface area contributed by atoms with Gasteiger partial charge >= 0.3 is 0 Å². The van der Waals surface area contributed by atoms with Crippen LogP contribution in [0.1, 0.15) is 23.1 Å². The van der Waals surface area contributed by atoms with Gasteiger partial charge in [0.1, 0.15) is 0 Å². The lowest BCUT2D eigenvalue weighted by molar-refractivity contribution is 0.938. The zero-order valence-electron chi connectivity index (χ0n) is 7.68. The van der Waals surface area contributed by atoms with Crippen LogP contribution >= 0.6 is 15.9 Å². The Bertz CT molecular complexity index is 325. The third-order valence-electron chi connectivity index (χ3n) is 2.02. The molecule has 0 heterocycles. The maximum atomic E-state index is 8.81. The lowest BCUT2D eigenvalue weighted by Gasteiger charge is -2.01. The Balaban J connectivity index is 2.82. The SMILES string of the molecule is Cc1ccc(CCCBr)cc1C#N. The van der Waals surface area contributed by atoms with E-state index < -0.39 is 0 Å². The number of benzene rings is 1. The van der Waals surface area contributed by atoms with Crippen LogP contribution in [0.3, 0.4) is 0 Å². The quantitative estimate of drug-likeness (QED) is 0.742. The van der Waals surface area contributed by atoms with Crippen LogP contribution in [0.2, 0.25) is 0 Å². The second kappa shape index (κ2) is 5.04. The molecule has 0 aliphatic carbocycles. The number of hydrogen-bond donors (Lipinski definition) is 0. The molecule has 13 heavy (non-hydrogen) atoms. The van der Waals surface area contributed by atoms with Gasteiger partial charge in [0.25, 0.3) is 0 Å². The van der Waals surface area contributed by atoms with E-state index >= 15 is 0 Å².